The standard InChI is InChI=1S/C14H25NO2/c1-10(12(16)17)7-11-8-13(2,3)15(6)14(4,5)9-11/h7,11H,8-9H2,1-6H3,(H,16,17). The van der Waals surface area contributed by atoms with Crippen molar-refractivity contribution < 1.29 is 9.90 Å². The first-order chi connectivity index (χ1) is 7.56. The number of carboxylic acid groups (broad SMARTS) is 1. The van der Waals surface area contributed by atoms with E-state index in [-0.39, 0.29) is 11.1 Å². The first-order valence-electron chi connectivity index (χ1n) is 6.22. The number of carbonyl (C=O) groups is 1. The quantitative estimate of drug-likeness (QED) is 0.753. The van der Waals surface area contributed by atoms with E-state index in [1.54, 1.807) is 6.92 Å². The van der Waals surface area contributed by atoms with Crippen LogP contribution in [0.25, 0.3) is 0 Å². The van der Waals surface area contributed by atoms with Crippen LogP contribution in [0, 0.1) is 5.92 Å². The summed E-state index contributed by atoms with van der Waals surface area (Å²) in [6, 6.07) is 0. The predicted molar refractivity (Wildman–Crippen MR) is 70.0 cm³/mol. The SMILES string of the molecule is CC(=CC1CC(C)(C)N(C)C(C)(C)C1)C(=O)O. The van der Waals surface area contributed by atoms with E-state index < -0.39 is 5.97 Å². The molecule has 0 bridgehead atoms. The zero-order chi connectivity index (χ0) is 13.4. The molecule has 3 nitrogen and oxygen atoms in total. The van der Waals surface area contributed by atoms with Crippen LogP contribution in [0.5, 0.6) is 0 Å². The number of piperidine rings is 1. The minimum atomic E-state index is -0.806. The van der Waals surface area contributed by atoms with Crippen molar-refractivity contribution in [1.29, 1.82) is 0 Å². The van der Waals surface area contributed by atoms with Crippen LogP contribution in [-0.4, -0.2) is 34.1 Å². The maximum atomic E-state index is 10.9. The molecular weight excluding hydrogens is 214 g/mol. The van der Waals surface area contributed by atoms with Gasteiger partial charge in [-0.1, -0.05) is 6.08 Å². The lowest BCUT2D eigenvalue weighted by Gasteiger charge is -2.53. The lowest BCUT2D eigenvalue weighted by molar-refractivity contribution is -0.132. The molecule has 0 aromatic rings. The van der Waals surface area contributed by atoms with Crippen molar-refractivity contribution in [3.63, 3.8) is 0 Å². The molecule has 0 saturated carbocycles. The van der Waals surface area contributed by atoms with Gasteiger partial charge in [0.15, 0.2) is 0 Å². The summed E-state index contributed by atoms with van der Waals surface area (Å²) in [6.07, 6.45) is 3.95. The lowest BCUT2D eigenvalue weighted by Crippen LogP contribution is -2.58. The molecule has 98 valence electrons. The Hall–Kier alpha value is -0.830. The van der Waals surface area contributed by atoms with Crippen molar-refractivity contribution in [3.8, 4) is 0 Å². The molecule has 1 fully saturated rings. The number of hydrogen-bond donors (Lipinski definition) is 1. The maximum Gasteiger partial charge on any atom is 0.330 e. The third-order valence-corrected chi connectivity index (χ3v) is 4.16. The van der Waals surface area contributed by atoms with Gasteiger partial charge in [0.25, 0.3) is 0 Å². The van der Waals surface area contributed by atoms with E-state index in [1.807, 2.05) is 6.08 Å². The smallest absolute Gasteiger partial charge is 0.330 e. The number of aliphatic carboxylic acids is 1. The number of carboxylic acids is 1. The summed E-state index contributed by atoms with van der Waals surface area (Å²) in [5.74, 6) is -0.452. The van der Waals surface area contributed by atoms with Gasteiger partial charge in [-0.15, -0.1) is 0 Å². The number of likely N-dealkylation sites (tertiary alicyclic amines) is 1. The van der Waals surface area contributed by atoms with Crippen LogP contribution in [0.4, 0.5) is 0 Å². The van der Waals surface area contributed by atoms with Crippen LogP contribution in [0.15, 0.2) is 11.6 Å². The highest BCUT2D eigenvalue weighted by Crippen LogP contribution is 2.40. The Morgan fingerprint density at radius 3 is 2.00 bits per heavy atom. The minimum absolute atomic E-state index is 0.113. The molecule has 0 atom stereocenters. The van der Waals surface area contributed by atoms with Gasteiger partial charge < -0.3 is 5.11 Å². The van der Waals surface area contributed by atoms with Crippen LogP contribution in [-0.2, 0) is 4.79 Å². The van der Waals surface area contributed by atoms with Crippen LogP contribution in [0.3, 0.4) is 0 Å². The van der Waals surface area contributed by atoms with Crippen molar-refractivity contribution >= 4 is 5.97 Å². The van der Waals surface area contributed by atoms with Crippen molar-refractivity contribution in [2.24, 2.45) is 5.92 Å². The Morgan fingerprint density at radius 2 is 1.65 bits per heavy atom. The number of rotatable bonds is 2. The first kappa shape index (κ1) is 14.2. The molecule has 0 aromatic carbocycles. The number of allylic oxidation sites excluding steroid dienone is 1. The molecule has 1 aliphatic heterocycles. The number of hydrogen-bond acceptors (Lipinski definition) is 2. The summed E-state index contributed by atoms with van der Waals surface area (Å²) in [4.78, 5) is 13.3. The average Bonchev–Trinajstić information content (AvgIpc) is 2.12. The molecule has 0 radical (unpaired) electrons. The Morgan fingerprint density at radius 1 is 1.24 bits per heavy atom. The molecule has 3 heteroatoms. The van der Waals surface area contributed by atoms with Crippen molar-refractivity contribution in [2.75, 3.05) is 7.05 Å². The van der Waals surface area contributed by atoms with Crippen LogP contribution in [0.1, 0.15) is 47.5 Å². The zero-order valence-corrected chi connectivity index (χ0v) is 11.9. The van der Waals surface area contributed by atoms with Crippen molar-refractivity contribution in [2.45, 2.75) is 58.5 Å². The second-order valence-electron chi connectivity index (χ2n) is 6.51. The Bertz CT molecular complexity index is 324. The van der Waals surface area contributed by atoms with Gasteiger partial charge in [-0.05, 0) is 60.4 Å². The normalized spacial score (nSPS) is 25.9. The topological polar surface area (TPSA) is 40.5 Å². The van der Waals surface area contributed by atoms with E-state index in [0.717, 1.165) is 12.8 Å². The van der Waals surface area contributed by atoms with E-state index in [1.165, 1.54) is 0 Å². The highest BCUT2D eigenvalue weighted by Gasteiger charge is 2.42. The van der Waals surface area contributed by atoms with E-state index in [9.17, 15) is 4.79 Å². The average molecular weight is 239 g/mol. The maximum absolute atomic E-state index is 10.9. The van der Waals surface area contributed by atoms with Crippen LogP contribution < -0.4 is 0 Å². The van der Waals surface area contributed by atoms with Gasteiger partial charge in [0, 0.05) is 16.7 Å². The minimum Gasteiger partial charge on any atom is -0.478 e. The molecule has 1 aliphatic rings. The van der Waals surface area contributed by atoms with Crippen molar-refractivity contribution in [1.82, 2.24) is 4.90 Å². The Labute approximate surface area is 105 Å². The highest BCUT2D eigenvalue weighted by atomic mass is 16.4. The monoisotopic (exact) mass is 239 g/mol. The molecule has 1 rings (SSSR count). The highest BCUT2D eigenvalue weighted by molar-refractivity contribution is 5.85. The zero-order valence-electron chi connectivity index (χ0n) is 11.9. The summed E-state index contributed by atoms with van der Waals surface area (Å²) < 4.78 is 0. The van der Waals surface area contributed by atoms with Gasteiger partial charge in [0.2, 0.25) is 0 Å². The summed E-state index contributed by atoms with van der Waals surface area (Å²) >= 11 is 0. The molecular formula is C14H25NO2. The van der Waals surface area contributed by atoms with E-state index >= 15 is 0 Å². The molecule has 1 saturated heterocycles. The fourth-order valence-electron chi connectivity index (χ4n) is 2.99. The fraction of sp³-hybridized carbons (Fsp3) is 0.786. The Kier molecular flexibility index (Phi) is 3.72. The van der Waals surface area contributed by atoms with Gasteiger partial charge in [-0.2, -0.15) is 0 Å². The summed E-state index contributed by atoms with van der Waals surface area (Å²) in [5, 5.41) is 8.95. The second kappa shape index (κ2) is 4.45. The summed E-state index contributed by atoms with van der Waals surface area (Å²) in [7, 11) is 2.16. The largest absolute Gasteiger partial charge is 0.478 e. The predicted octanol–water partition coefficient (Wildman–Crippen LogP) is 2.92. The third-order valence-electron chi connectivity index (χ3n) is 4.16. The molecule has 0 aliphatic carbocycles. The van der Waals surface area contributed by atoms with Gasteiger partial charge in [0.05, 0.1) is 0 Å². The summed E-state index contributed by atoms with van der Waals surface area (Å²) in [6.45, 7) is 10.6. The van der Waals surface area contributed by atoms with Gasteiger partial charge >= 0.3 is 5.97 Å². The van der Waals surface area contributed by atoms with Gasteiger partial charge in [-0.3, -0.25) is 4.90 Å². The molecule has 0 unspecified atom stereocenters. The number of nitrogens with zero attached hydrogens (tertiary/aromatic N) is 1. The molecule has 1 heterocycles. The molecule has 0 spiro atoms. The lowest BCUT2D eigenvalue weighted by atomic mass is 9.73. The molecule has 0 aromatic heterocycles. The Balaban J connectivity index is 2.93. The molecule has 17 heavy (non-hydrogen) atoms. The summed E-state index contributed by atoms with van der Waals surface area (Å²) in [5.41, 5.74) is 0.690. The van der Waals surface area contributed by atoms with Crippen LogP contribution in [0.2, 0.25) is 0 Å². The van der Waals surface area contributed by atoms with E-state index in [2.05, 4.69) is 39.6 Å². The van der Waals surface area contributed by atoms with Crippen molar-refractivity contribution in [3.05, 3.63) is 11.6 Å². The fourth-order valence-corrected chi connectivity index (χ4v) is 2.99. The van der Waals surface area contributed by atoms with Gasteiger partial charge in [-0.25, -0.2) is 4.79 Å². The van der Waals surface area contributed by atoms with E-state index in [4.69, 9.17) is 5.11 Å². The second-order valence-corrected chi connectivity index (χ2v) is 6.51. The first-order valence-corrected chi connectivity index (χ1v) is 6.22. The van der Waals surface area contributed by atoms with E-state index in [0.29, 0.717) is 11.5 Å². The van der Waals surface area contributed by atoms with Crippen LogP contribution >= 0.6 is 0 Å². The molecule has 1 N–H and O–H groups in total. The third kappa shape index (κ3) is 3.09. The van der Waals surface area contributed by atoms with Gasteiger partial charge in [0.1, 0.15) is 0 Å². The molecule has 0 amide bonds.